The van der Waals surface area contributed by atoms with Gasteiger partial charge in [0.05, 0.1) is 29.8 Å². The van der Waals surface area contributed by atoms with Crippen LogP contribution in [0, 0.1) is 0 Å². The van der Waals surface area contributed by atoms with Gasteiger partial charge in [0, 0.05) is 17.8 Å². The molecule has 1 N–H and O–H groups in total. The summed E-state index contributed by atoms with van der Waals surface area (Å²) in [4.78, 5) is 30.0. The van der Waals surface area contributed by atoms with Crippen molar-refractivity contribution in [2.45, 2.75) is 31.5 Å². The van der Waals surface area contributed by atoms with E-state index in [4.69, 9.17) is 16.3 Å². The van der Waals surface area contributed by atoms with E-state index in [1.807, 2.05) is 24.3 Å². The van der Waals surface area contributed by atoms with Crippen molar-refractivity contribution in [1.82, 2.24) is 9.55 Å². The standard InChI is InChI=1S/C22H24ClN3O3S/c1-14(2)15-5-4-6-17(11-15)24-20(27)13-30-22-25-19-12-16(23)7-8-18(19)21(28)26(22)9-10-29-3/h4-8,11-12,14H,9-10,13H2,1-3H3,(H,24,27). The molecule has 2 aromatic carbocycles. The van der Waals surface area contributed by atoms with Gasteiger partial charge >= 0.3 is 0 Å². The number of thioether (sulfide) groups is 1. The Balaban J connectivity index is 1.81. The van der Waals surface area contributed by atoms with Crippen molar-refractivity contribution in [1.29, 1.82) is 0 Å². The molecule has 0 saturated heterocycles. The van der Waals surface area contributed by atoms with Crippen LogP contribution in [0.15, 0.2) is 52.4 Å². The molecule has 8 heteroatoms. The first-order chi connectivity index (χ1) is 14.4. The second-order valence-corrected chi connectivity index (χ2v) is 8.50. The molecule has 1 amide bonds. The molecule has 1 aromatic heterocycles. The minimum Gasteiger partial charge on any atom is -0.383 e. The van der Waals surface area contributed by atoms with Gasteiger partial charge in [0.25, 0.3) is 5.56 Å². The fraction of sp³-hybridized carbons (Fsp3) is 0.318. The highest BCUT2D eigenvalue weighted by atomic mass is 35.5. The van der Waals surface area contributed by atoms with Gasteiger partial charge in [-0.1, -0.05) is 49.3 Å². The second kappa shape index (κ2) is 10.1. The Kier molecular flexibility index (Phi) is 7.53. The molecule has 0 aliphatic heterocycles. The third kappa shape index (κ3) is 5.41. The van der Waals surface area contributed by atoms with E-state index in [1.165, 1.54) is 16.3 Å². The molecule has 0 spiro atoms. The molecular weight excluding hydrogens is 422 g/mol. The molecule has 158 valence electrons. The zero-order valence-corrected chi connectivity index (χ0v) is 18.7. The third-order valence-corrected chi connectivity index (χ3v) is 5.78. The SMILES string of the molecule is COCCn1c(SCC(=O)Nc2cccc(C(C)C)c2)nc2cc(Cl)ccc2c1=O. The van der Waals surface area contributed by atoms with Crippen molar-refractivity contribution in [3.63, 3.8) is 0 Å². The summed E-state index contributed by atoms with van der Waals surface area (Å²) >= 11 is 7.27. The lowest BCUT2D eigenvalue weighted by molar-refractivity contribution is -0.113. The summed E-state index contributed by atoms with van der Waals surface area (Å²) in [6.07, 6.45) is 0. The van der Waals surface area contributed by atoms with E-state index in [9.17, 15) is 9.59 Å². The maximum atomic E-state index is 12.9. The summed E-state index contributed by atoms with van der Waals surface area (Å²) in [5.41, 5.74) is 2.23. The molecule has 6 nitrogen and oxygen atoms in total. The number of halogens is 1. The van der Waals surface area contributed by atoms with Gasteiger partial charge in [0.1, 0.15) is 0 Å². The summed E-state index contributed by atoms with van der Waals surface area (Å²) in [5.74, 6) is 0.330. The zero-order chi connectivity index (χ0) is 21.7. The van der Waals surface area contributed by atoms with Crippen LogP contribution < -0.4 is 10.9 Å². The molecule has 0 saturated carbocycles. The van der Waals surface area contributed by atoms with Crippen LogP contribution in [0.1, 0.15) is 25.3 Å². The third-order valence-electron chi connectivity index (χ3n) is 4.57. The molecule has 0 aliphatic carbocycles. The van der Waals surface area contributed by atoms with Crippen LogP contribution in [-0.4, -0.2) is 34.9 Å². The van der Waals surface area contributed by atoms with E-state index in [2.05, 4.69) is 24.1 Å². The van der Waals surface area contributed by atoms with Gasteiger partial charge < -0.3 is 10.1 Å². The first-order valence-electron chi connectivity index (χ1n) is 9.60. The summed E-state index contributed by atoms with van der Waals surface area (Å²) < 4.78 is 6.66. The maximum Gasteiger partial charge on any atom is 0.262 e. The highest BCUT2D eigenvalue weighted by molar-refractivity contribution is 7.99. The average molecular weight is 446 g/mol. The van der Waals surface area contributed by atoms with Gasteiger partial charge in [-0.2, -0.15) is 0 Å². The minimum absolute atomic E-state index is 0.122. The van der Waals surface area contributed by atoms with Crippen molar-refractivity contribution in [2.75, 3.05) is 24.8 Å². The summed E-state index contributed by atoms with van der Waals surface area (Å²) in [7, 11) is 1.57. The number of carbonyl (C=O) groups excluding carboxylic acids is 1. The lowest BCUT2D eigenvalue weighted by Crippen LogP contribution is -2.26. The van der Waals surface area contributed by atoms with Gasteiger partial charge in [0.15, 0.2) is 5.16 Å². The Labute approximate surface area is 184 Å². The largest absolute Gasteiger partial charge is 0.383 e. The molecule has 3 rings (SSSR count). The number of amides is 1. The quantitative estimate of drug-likeness (QED) is 0.406. The normalized spacial score (nSPS) is 11.2. The van der Waals surface area contributed by atoms with E-state index < -0.39 is 0 Å². The Hall–Kier alpha value is -2.35. The highest BCUT2D eigenvalue weighted by Gasteiger charge is 2.14. The Morgan fingerprint density at radius 3 is 2.80 bits per heavy atom. The van der Waals surface area contributed by atoms with Crippen molar-refractivity contribution >= 4 is 45.9 Å². The number of anilines is 1. The van der Waals surface area contributed by atoms with E-state index >= 15 is 0 Å². The van der Waals surface area contributed by atoms with E-state index in [0.29, 0.717) is 40.2 Å². The van der Waals surface area contributed by atoms with Crippen LogP contribution in [0.3, 0.4) is 0 Å². The molecule has 3 aromatic rings. The number of aromatic nitrogens is 2. The van der Waals surface area contributed by atoms with E-state index in [0.717, 1.165) is 11.3 Å². The predicted molar refractivity (Wildman–Crippen MR) is 123 cm³/mol. The van der Waals surface area contributed by atoms with Crippen LogP contribution in [0.4, 0.5) is 5.69 Å². The van der Waals surface area contributed by atoms with Crippen LogP contribution in [0.2, 0.25) is 5.02 Å². The van der Waals surface area contributed by atoms with Gasteiger partial charge in [-0.3, -0.25) is 14.2 Å². The number of methoxy groups -OCH3 is 1. The lowest BCUT2D eigenvalue weighted by Gasteiger charge is -2.13. The molecule has 0 unspecified atom stereocenters. The fourth-order valence-corrected chi connectivity index (χ4v) is 3.96. The molecule has 0 aliphatic rings. The fourth-order valence-electron chi connectivity index (χ4n) is 2.97. The van der Waals surface area contributed by atoms with Crippen molar-refractivity contribution in [2.24, 2.45) is 0 Å². The van der Waals surface area contributed by atoms with Crippen molar-refractivity contribution in [3.8, 4) is 0 Å². The first kappa shape index (κ1) is 22.3. The average Bonchev–Trinajstić information content (AvgIpc) is 2.71. The zero-order valence-electron chi connectivity index (χ0n) is 17.1. The number of benzene rings is 2. The van der Waals surface area contributed by atoms with Crippen molar-refractivity contribution < 1.29 is 9.53 Å². The van der Waals surface area contributed by atoms with E-state index in [-0.39, 0.29) is 17.2 Å². The Morgan fingerprint density at radius 2 is 2.07 bits per heavy atom. The summed E-state index contributed by atoms with van der Waals surface area (Å²) in [6, 6.07) is 12.8. The first-order valence-corrected chi connectivity index (χ1v) is 11.0. The smallest absolute Gasteiger partial charge is 0.262 e. The lowest BCUT2D eigenvalue weighted by atomic mass is 10.0. The van der Waals surface area contributed by atoms with Crippen molar-refractivity contribution in [3.05, 3.63) is 63.4 Å². The summed E-state index contributed by atoms with van der Waals surface area (Å²) in [5, 5.41) is 4.35. The predicted octanol–water partition coefficient (Wildman–Crippen LogP) is 4.55. The van der Waals surface area contributed by atoms with Gasteiger partial charge in [-0.05, 0) is 41.8 Å². The van der Waals surface area contributed by atoms with Gasteiger partial charge in [-0.15, -0.1) is 0 Å². The molecule has 0 fully saturated rings. The van der Waals surface area contributed by atoms with Crippen LogP contribution in [0.25, 0.3) is 10.9 Å². The molecular formula is C22H24ClN3O3S. The Bertz CT molecular complexity index is 1110. The number of ether oxygens (including phenoxy) is 1. The molecule has 0 bridgehead atoms. The number of fused-ring (bicyclic) bond motifs is 1. The van der Waals surface area contributed by atoms with Crippen LogP contribution in [-0.2, 0) is 16.1 Å². The van der Waals surface area contributed by atoms with Crippen LogP contribution >= 0.6 is 23.4 Å². The number of rotatable bonds is 8. The molecule has 1 heterocycles. The molecule has 0 atom stereocenters. The highest BCUT2D eigenvalue weighted by Crippen LogP contribution is 2.22. The second-order valence-electron chi connectivity index (χ2n) is 7.12. The summed E-state index contributed by atoms with van der Waals surface area (Å²) in [6.45, 7) is 4.92. The number of hydrogen-bond acceptors (Lipinski definition) is 5. The minimum atomic E-state index is -0.179. The van der Waals surface area contributed by atoms with Gasteiger partial charge in [0.2, 0.25) is 5.91 Å². The topological polar surface area (TPSA) is 73.2 Å². The number of nitrogens with one attached hydrogen (secondary N) is 1. The Morgan fingerprint density at radius 1 is 1.27 bits per heavy atom. The molecule has 30 heavy (non-hydrogen) atoms. The maximum absolute atomic E-state index is 12.9. The van der Waals surface area contributed by atoms with Gasteiger partial charge in [-0.25, -0.2) is 4.98 Å². The number of nitrogens with zero attached hydrogens (tertiary/aromatic N) is 2. The number of hydrogen-bond donors (Lipinski definition) is 1. The van der Waals surface area contributed by atoms with Crippen LogP contribution in [0.5, 0.6) is 0 Å². The van der Waals surface area contributed by atoms with E-state index in [1.54, 1.807) is 25.3 Å². The monoisotopic (exact) mass is 445 g/mol. The number of carbonyl (C=O) groups is 1. The molecule has 0 radical (unpaired) electrons.